The van der Waals surface area contributed by atoms with Crippen LogP contribution in [-0.4, -0.2) is 37.3 Å². The van der Waals surface area contributed by atoms with E-state index in [0.717, 1.165) is 12.8 Å². The second-order valence-electron chi connectivity index (χ2n) is 2.63. The van der Waals surface area contributed by atoms with Crippen molar-refractivity contribution in [3.63, 3.8) is 0 Å². The topological polar surface area (TPSA) is 55.8 Å². The van der Waals surface area contributed by atoms with Crippen LogP contribution < -0.4 is 0 Å². The van der Waals surface area contributed by atoms with Crippen molar-refractivity contribution in [3.05, 3.63) is 0 Å². The van der Waals surface area contributed by atoms with E-state index < -0.39 is 12.3 Å². The normalized spacial score (nSPS) is 12.5. The van der Waals surface area contributed by atoms with E-state index in [2.05, 4.69) is 4.74 Å². The second-order valence-corrected chi connectivity index (χ2v) is 2.63. The number of aliphatic hydroxyl groups is 1. The molecule has 0 rings (SSSR count). The molecule has 0 aromatic heterocycles. The summed E-state index contributed by atoms with van der Waals surface area (Å²) in [5.41, 5.74) is 0. The van der Waals surface area contributed by atoms with Crippen molar-refractivity contribution >= 4 is 6.22 Å². The summed E-state index contributed by atoms with van der Waals surface area (Å²) in [6.07, 6.45) is -0.908. The molecule has 0 aliphatic carbocycles. The van der Waals surface area contributed by atoms with Crippen LogP contribution in [0.4, 0.5) is 9.18 Å². The minimum absolute atomic E-state index is 0.0628. The number of carbonyl (C=O) groups is 1. The molecule has 0 aromatic carbocycles. The van der Waals surface area contributed by atoms with Crippen LogP contribution in [0, 0.1) is 0 Å². The Labute approximate surface area is 76.6 Å². The molecular weight excluding hydrogens is 179 g/mol. The summed E-state index contributed by atoms with van der Waals surface area (Å²) in [5.74, 6) is 0. The van der Waals surface area contributed by atoms with E-state index in [1.165, 1.54) is 0 Å². The summed E-state index contributed by atoms with van der Waals surface area (Å²) in [4.78, 5) is 9.68. The Kier molecular flexibility index (Phi) is 7.53. The number of unbranched alkanes of at least 4 members (excludes halogenated alkanes) is 1. The lowest BCUT2D eigenvalue weighted by Crippen LogP contribution is -2.22. The standard InChI is InChI=1S/C8H15FO4/c1-2-3-4-12-5-7(10)6-13-8(9)11/h7,10H,2-6H2,1H3. The minimum Gasteiger partial charge on any atom is -0.438 e. The maximum absolute atomic E-state index is 11.5. The first-order valence-electron chi connectivity index (χ1n) is 4.25. The summed E-state index contributed by atoms with van der Waals surface area (Å²) >= 11 is 0. The summed E-state index contributed by atoms with van der Waals surface area (Å²) in [5, 5.41) is 9.03. The van der Waals surface area contributed by atoms with Crippen molar-refractivity contribution in [2.24, 2.45) is 0 Å². The maximum Gasteiger partial charge on any atom is 0.495 e. The number of rotatable bonds is 7. The third-order valence-electron chi connectivity index (χ3n) is 1.34. The van der Waals surface area contributed by atoms with Gasteiger partial charge in [0.25, 0.3) is 0 Å². The van der Waals surface area contributed by atoms with Crippen LogP contribution in [0.1, 0.15) is 19.8 Å². The number of ether oxygens (including phenoxy) is 2. The molecule has 4 nitrogen and oxygen atoms in total. The van der Waals surface area contributed by atoms with Gasteiger partial charge < -0.3 is 14.6 Å². The van der Waals surface area contributed by atoms with Crippen molar-refractivity contribution in [2.45, 2.75) is 25.9 Å². The first kappa shape index (κ1) is 12.3. The Morgan fingerprint density at radius 2 is 2.23 bits per heavy atom. The van der Waals surface area contributed by atoms with E-state index in [9.17, 15) is 9.18 Å². The third-order valence-corrected chi connectivity index (χ3v) is 1.34. The summed E-state index contributed by atoms with van der Waals surface area (Å²) < 4.78 is 20.4. The van der Waals surface area contributed by atoms with Gasteiger partial charge in [-0.1, -0.05) is 13.3 Å². The van der Waals surface area contributed by atoms with E-state index >= 15 is 0 Å². The molecule has 0 fully saturated rings. The Hall–Kier alpha value is -0.680. The molecule has 0 aromatic rings. The van der Waals surface area contributed by atoms with Crippen LogP contribution in [0.5, 0.6) is 0 Å². The van der Waals surface area contributed by atoms with Crippen molar-refractivity contribution in [1.82, 2.24) is 0 Å². The Morgan fingerprint density at radius 3 is 2.77 bits per heavy atom. The zero-order valence-corrected chi connectivity index (χ0v) is 7.66. The molecule has 0 radical (unpaired) electrons. The van der Waals surface area contributed by atoms with E-state index in [4.69, 9.17) is 9.84 Å². The third kappa shape index (κ3) is 9.23. The fourth-order valence-corrected chi connectivity index (χ4v) is 0.676. The predicted octanol–water partition coefficient (Wildman–Crippen LogP) is 1.27. The lowest BCUT2D eigenvalue weighted by molar-refractivity contribution is -0.00494. The van der Waals surface area contributed by atoms with Gasteiger partial charge in [-0.15, -0.1) is 4.39 Å². The Balaban J connectivity index is 3.19. The molecular formula is C8H15FO4. The smallest absolute Gasteiger partial charge is 0.438 e. The van der Waals surface area contributed by atoms with Crippen molar-refractivity contribution in [2.75, 3.05) is 19.8 Å². The molecule has 1 N–H and O–H groups in total. The second kappa shape index (κ2) is 7.94. The molecule has 0 amide bonds. The van der Waals surface area contributed by atoms with Gasteiger partial charge in [-0.25, -0.2) is 4.79 Å². The first-order valence-corrected chi connectivity index (χ1v) is 4.25. The van der Waals surface area contributed by atoms with Gasteiger partial charge in [0.15, 0.2) is 0 Å². The van der Waals surface area contributed by atoms with Crippen LogP contribution in [0.2, 0.25) is 0 Å². The highest BCUT2D eigenvalue weighted by atomic mass is 19.1. The number of halogens is 1. The van der Waals surface area contributed by atoms with Crippen LogP contribution in [0.3, 0.4) is 0 Å². The largest absolute Gasteiger partial charge is 0.495 e. The zero-order chi connectivity index (χ0) is 10.1. The molecule has 78 valence electrons. The highest BCUT2D eigenvalue weighted by Crippen LogP contribution is 1.93. The van der Waals surface area contributed by atoms with Crippen LogP contribution in [-0.2, 0) is 9.47 Å². The van der Waals surface area contributed by atoms with Crippen molar-refractivity contribution in [3.8, 4) is 0 Å². The van der Waals surface area contributed by atoms with E-state index in [1.807, 2.05) is 6.92 Å². The predicted molar refractivity (Wildman–Crippen MR) is 44.2 cm³/mol. The number of carbonyl (C=O) groups excluding carboxylic acids is 1. The number of hydrogen-bond donors (Lipinski definition) is 1. The molecule has 0 heterocycles. The quantitative estimate of drug-likeness (QED) is 0.489. The van der Waals surface area contributed by atoms with Crippen molar-refractivity contribution in [1.29, 1.82) is 0 Å². The summed E-state index contributed by atoms with van der Waals surface area (Å²) in [7, 11) is 0. The van der Waals surface area contributed by atoms with Gasteiger partial charge in [-0.3, -0.25) is 0 Å². The fourth-order valence-electron chi connectivity index (χ4n) is 0.676. The SMILES string of the molecule is CCCCOCC(O)COC(=O)F. The zero-order valence-electron chi connectivity index (χ0n) is 7.66. The van der Waals surface area contributed by atoms with Crippen LogP contribution >= 0.6 is 0 Å². The van der Waals surface area contributed by atoms with E-state index in [1.54, 1.807) is 0 Å². The highest BCUT2D eigenvalue weighted by Gasteiger charge is 2.07. The molecule has 0 spiro atoms. The van der Waals surface area contributed by atoms with Gasteiger partial charge in [-0.05, 0) is 6.42 Å². The van der Waals surface area contributed by atoms with E-state index in [-0.39, 0.29) is 13.2 Å². The average molecular weight is 194 g/mol. The maximum atomic E-state index is 11.5. The van der Waals surface area contributed by atoms with Gasteiger partial charge in [-0.2, -0.15) is 0 Å². The van der Waals surface area contributed by atoms with Gasteiger partial charge in [0.05, 0.1) is 6.61 Å². The van der Waals surface area contributed by atoms with Gasteiger partial charge in [0, 0.05) is 6.61 Å². The van der Waals surface area contributed by atoms with E-state index in [0.29, 0.717) is 6.61 Å². The van der Waals surface area contributed by atoms with Gasteiger partial charge >= 0.3 is 6.22 Å². The molecule has 0 saturated heterocycles. The molecule has 0 saturated carbocycles. The average Bonchev–Trinajstić information content (AvgIpc) is 2.09. The molecule has 0 bridgehead atoms. The molecule has 1 atom stereocenters. The lowest BCUT2D eigenvalue weighted by atomic mass is 10.3. The fraction of sp³-hybridized carbons (Fsp3) is 0.875. The van der Waals surface area contributed by atoms with Gasteiger partial charge in [0.1, 0.15) is 12.7 Å². The Bertz CT molecular complexity index is 140. The summed E-state index contributed by atoms with van der Waals surface area (Å²) in [6.45, 7) is 2.27. The minimum atomic E-state index is -1.88. The van der Waals surface area contributed by atoms with Crippen LogP contribution in [0.25, 0.3) is 0 Å². The number of aliphatic hydroxyl groups excluding tert-OH is 1. The lowest BCUT2D eigenvalue weighted by Gasteiger charge is -2.09. The highest BCUT2D eigenvalue weighted by molar-refractivity contribution is 5.57. The molecule has 0 aliphatic rings. The number of hydrogen-bond acceptors (Lipinski definition) is 4. The molecule has 5 heteroatoms. The molecule has 1 unspecified atom stereocenters. The molecule has 0 aliphatic heterocycles. The van der Waals surface area contributed by atoms with Gasteiger partial charge in [0.2, 0.25) is 0 Å². The summed E-state index contributed by atoms with van der Waals surface area (Å²) in [6, 6.07) is 0. The van der Waals surface area contributed by atoms with Crippen molar-refractivity contribution < 1.29 is 23.8 Å². The van der Waals surface area contributed by atoms with Crippen LogP contribution in [0.15, 0.2) is 0 Å². The molecule has 13 heavy (non-hydrogen) atoms. The monoisotopic (exact) mass is 194 g/mol. The Morgan fingerprint density at radius 1 is 1.54 bits per heavy atom. The first-order chi connectivity index (χ1) is 6.16.